The zero-order chi connectivity index (χ0) is 21.1. The number of halogens is 1. The summed E-state index contributed by atoms with van der Waals surface area (Å²) in [5.41, 5.74) is 1.51. The van der Waals surface area contributed by atoms with Crippen molar-refractivity contribution in [3.8, 4) is 0 Å². The van der Waals surface area contributed by atoms with Gasteiger partial charge in [0, 0.05) is 29.8 Å². The number of nitrogens with zero attached hydrogens (tertiary/aromatic N) is 1. The van der Waals surface area contributed by atoms with Crippen LogP contribution < -0.4 is 5.48 Å². The van der Waals surface area contributed by atoms with E-state index in [1.165, 1.54) is 41.2 Å². The minimum absolute atomic E-state index is 0. The molecule has 0 spiro atoms. The lowest BCUT2D eigenvalue weighted by molar-refractivity contribution is -0.136. The van der Waals surface area contributed by atoms with Crippen LogP contribution in [-0.4, -0.2) is 48.2 Å². The zero-order valence-corrected chi connectivity index (χ0v) is 18.7. The number of rotatable bonds is 5. The van der Waals surface area contributed by atoms with Crippen LogP contribution in [-0.2, 0) is 19.4 Å². The first-order chi connectivity index (χ1) is 13.8. The van der Waals surface area contributed by atoms with E-state index in [1.54, 1.807) is 12.1 Å². The van der Waals surface area contributed by atoms with Crippen LogP contribution in [0.1, 0.15) is 19.8 Å². The molecule has 1 aliphatic heterocycles. The molecule has 0 unspecified atom stereocenters. The Balaban J connectivity index is 0.00000320. The van der Waals surface area contributed by atoms with Gasteiger partial charge < -0.3 is 4.90 Å². The molecule has 0 radical (unpaired) electrons. The minimum atomic E-state index is -4.09. The van der Waals surface area contributed by atoms with E-state index in [0.717, 1.165) is 9.79 Å². The van der Waals surface area contributed by atoms with Gasteiger partial charge in [0.25, 0.3) is 5.91 Å². The number of likely N-dealkylation sites (tertiary alicyclic amines) is 1. The van der Waals surface area contributed by atoms with E-state index in [-0.39, 0.29) is 49.1 Å². The normalized spacial score (nSPS) is 15.7. The van der Waals surface area contributed by atoms with E-state index in [1.807, 2.05) is 30.3 Å². The second-order valence-electron chi connectivity index (χ2n) is 6.83. The Morgan fingerprint density at radius 3 is 2.03 bits per heavy atom. The molecule has 2 amide bonds. The van der Waals surface area contributed by atoms with Crippen molar-refractivity contribution in [1.82, 2.24) is 10.4 Å². The topological polar surface area (TPSA) is 104 Å². The van der Waals surface area contributed by atoms with Crippen LogP contribution in [0.15, 0.2) is 69.3 Å². The lowest BCUT2D eigenvalue weighted by Crippen LogP contribution is -2.58. The summed E-state index contributed by atoms with van der Waals surface area (Å²) in [4.78, 5) is 27.4. The summed E-state index contributed by atoms with van der Waals surface area (Å²) in [6.45, 7) is 1.66. The molecule has 0 aromatic heterocycles. The molecule has 2 aromatic carbocycles. The van der Waals surface area contributed by atoms with Crippen LogP contribution in [0.5, 0.6) is 0 Å². The molecule has 1 aliphatic rings. The van der Waals surface area contributed by atoms with Crippen LogP contribution in [0.3, 0.4) is 0 Å². The number of benzene rings is 2. The second kappa shape index (κ2) is 9.82. The quantitative estimate of drug-likeness (QED) is 0.514. The van der Waals surface area contributed by atoms with E-state index in [9.17, 15) is 23.2 Å². The highest BCUT2D eigenvalue weighted by atomic mass is 35.5. The monoisotopic (exact) mass is 470 g/mol. The van der Waals surface area contributed by atoms with E-state index in [4.69, 9.17) is 0 Å². The van der Waals surface area contributed by atoms with Crippen LogP contribution in [0.2, 0.25) is 0 Å². The van der Waals surface area contributed by atoms with E-state index in [2.05, 4.69) is 0 Å². The third-order valence-corrected chi connectivity index (χ3v) is 8.69. The number of carbonyl (C=O) groups excluding carboxylic acids is 2. The van der Waals surface area contributed by atoms with Crippen LogP contribution in [0, 0.1) is 0 Å². The molecule has 1 saturated heterocycles. The Morgan fingerprint density at radius 2 is 1.53 bits per heavy atom. The van der Waals surface area contributed by atoms with E-state index >= 15 is 0 Å². The molecule has 3 rings (SSSR count). The largest absolute Gasteiger partial charge is 0.343 e. The van der Waals surface area contributed by atoms with Gasteiger partial charge in [0.15, 0.2) is 14.6 Å². The summed E-state index contributed by atoms with van der Waals surface area (Å²) >= 11 is 1.50. The molecule has 7 nitrogen and oxygen atoms in total. The van der Waals surface area contributed by atoms with Crippen molar-refractivity contribution < 1.29 is 23.2 Å². The molecule has 30 heavy (non-hydrogen) atoms. The standard InChI is InChI=1S/C20H22N2O5S2.ClH/c1-15(23)22-13-11-20(12-14-22,19(24)21-25)29(26,27)18-9-7-17(8-10-18)28-16-5-3-2-4-6-16;/h2-10,25H,11-14H2,1H3,(H,21,24);1H. The average Bonchev–Trinajstić information content (AvgIpc) is 2.74. The van der Waals surface area contributed by atoms with Gasteiger partial charge in [0.2, 0.25) is 5.91 Å². The van der Waals surface area contributed by atoms with Crippen molar-refractivity contribution >= 4 is 45.8 Å². The van der Waals surface area contributed by atoms with Gasteiger partial charge in [-0.3, -0.25) is 14.8 Å². The van der Waals surface area contributed by atoms with Crippen molar-refractivity contribution in [2.45, 2.75) is 39.2 Å². The van der Waals surface area contributed by atoms with Gasteiger partial charge in [-0.25, -0.2) is 13.9 Å². The summed E-state index contributed by atoms with van der Waals surface area (Å²) < 4.78 is 24.9. The van der Waals surface area contributed by atoms with Crippen molar-refractivity contribution in [3.63, 3.8) is 0 Å². The van der Waals surface area contributed by atoms with Gasteiger partial charge in [-0.05, 0) is 49.2 Å². The first-order valence-corrected chi connectivity index (χ1v) is 11.4. The van der Waals surface area contributed by atoms with Crippen LogP contribution >= 0.6 is 24.2 Å². The molecule has 0 atom stereocenters. The summed E-state index contributed by atoms with van der Waals surface area (Å²) in [5, 5.41) is 9.20. The van der Waals surface area contributed by atoms with Crippen molar-refractivity contribution in [1.29, 1.82) is 0 Å². The number of hydroxylamine groups is 1. The zero-order valence-electron chi connectivity index (χ0n) is 16.3. The molecule has 1 heterocycles. The van der Waals surface area contributed by atoms with Gasteiger partial charge in [-0.15, -0.1) is 12.4 Å². The number of hydrogen-bond donors (Lipinski definition) is 2. The second-order valence-corrected chi connectivity index (χ2v) is 10.2. The number of hydrogen-bond acceptors (Lipinski definition) is 6. The predicted molar refractivity (Wildman–Crippen MR) is 116 cm³/mol. The minimum Gasteiger partial charge on any atom is -0.343 e. The highest BCUT2D eigenvalue weighted by Crippen LogP contribution is 2.37. The molecule has 0 aliphatic carbocycles. The fourth-order valence-electron chi connectivity index (χ4n) is 3.44. The molecule has 0 bridgehead atoms. The summed E-state index contributed by atoms with van der Waals surface area (Å²) in [6, 6.07) is 16.0. The average molecular weight is 471 g/mol. The number of amides is 2. The fourth-order valence-corrected chi connectivity index (χ4v) is 6.23. The Bertz CT molecular complexity index is 990. The van der Waals surface area contributed by atoms with E-state index < -0.39 is 20.5 Å². The van der Waals surface area contributed by atoms with Gasteiger partial charge in [0.05, 0.1) is 4.90 Å². The Morgan fingerprint density at radius 1 is 1.00 bits per heavy atom. The maximum Gasteiger partial charge on any atom is 0.265 e. The van der Waals surface area contributed by atoms with Crippen molar-refractivity contribution in [2.75, 3.05) is 13.1 Å². The molecular weight excluding hydrogens is 448 g/mol. The van der Waals surface area contributed by atoms with Gasteiger partial charge in [0.1, 0.15) is 0 Å². The van der Waals surface area contributed by atoms with E-state index in [0.29, 0.717) is 0 Å². The summed E-state index contributed by atoms with van der Waals surface area (Å²) in [5.74, 6) is -1.15. The number of piperidine rings is 1. The summed E-state index contributed by atoms with van der Waals surface area (Å²) in [7, 11) is -4.09. The fraction of sp³-hybridized carbons (Fsp3) is 0.300. The molecule has 0 saturated carbocycles. The molecule has 2 aromatic rings. The van der Waals surface area contributed by atoms with Gasteiger partial charge in [-0.2, -0.15) is 0 Å². The Hall–Kier alpha value is -2.07. The first-order valence-electron chi connectivity index (χ1n) is 9.08. The lowest BCUT2D eigenvalue weighted by atomic mass is 9.95. The third kappa shape index (κ3) is 4.64. The number of sulfone groups is 1. The molecule has 1 fully saturated rings. The Kier molecular flexibility index (Phi) is 7.93. The highest BCUT2D eigenvalue weighted by molar-refractivity contribution is 7.99. The molecular formula is C20H23ClN2O5S2. The third-order valence-electron chi connectivity index (χ3n) is 5.16. The maximum absolute atomic E-state index is 13.4. The summed E-state index contributed by atoms with van der Waals surface area (Å²) in [6.07, 6.45) is -0.163. The SMILES string of the molecule is CC(=O)N1CCC(C(=O)NO)(S(=O)(=O)c2ccc(Sc3ccccc3)cc2)CC1.Cl. The van der Waals surface area contributed by atoms with Gasteiger partial charge >= 0.3 is 0 Å². The Labute approximate surface area is 186 Å². The number of carbonyl (C=O) groups is 2. The molecule has 10 heteroatoms. The highest BCUT2D eigenvalue weighted by Gasteiger charge is 2.53. The predicted octanol–water partition coefficient (Wildman–Crippen LogP) is 2.92. The molecule has 162 valence electrons. The molecule has 2 N–H and O–H groups in total. The number of nitrogens with one attached hydrogen (secondary N) is 1. The smallest absolute Gasteiger partial charge is 0.265 e. The van der Waals surface area contributed by atoms with Crippen molar-refractivity contribution in [3.05, 3.63) is 54.6 Å². The van der Waals surface area contributed by atoms with Crippen LogP contribution in [0.4, 0.5) is 0 Å². The van der Waals surface area contributed by atoms with Crippen LogP contribution in [0.25, 0.3) is 0 Å². The van der Waals surface area contributed by atoms with Crippen molar-refractivity contribution in [2.24, 2.45) is 0 Å². The first kappa shape index (κ1) is 24.2. The maximum atomic E-state index is 13.4. The lowest BCUT2D eigenvalue weighted by Gasteiger charge is -2.39. The van der Waals surface area contributed by atoms with Gasteiger partial charge in [-0.1, -0.05) is 30.0 Å².